The van der Waals surface area contributed by atoms with Crippen LogP contribution in [0.15, 0.2) is 24.4 Å². The molecule has 2 aromatic rings. The van der Waals surface area contributed by atoms with Gasteiger partial charge in [0.2, 0.25) is 0 Å². The molecule has 2 aliphatic rings. The number of nitrogens with zero attached hydrogens (tertiary/aromatic N) is 1. The summed E-state index contributed by atoms with van der Waals surface area (Å²) in [7, 11) is 0.537. The average molecular weight is 312 g/mol. The minimum absolute atomic E-state index is 0.0662. The van der Waals surface area contributed by atoms with Gasteiger partial charge in [-0.1, -0.05) is 38.2 Å². The van der Waals surface area contributed by atoms with Crippen molar-refractivity contribution >= 4 is 24.8 Å². The summed E-state index contributed by atoms with van der Waals surface area (Å²) in [5.41, 5.74) is 4.00. The first kappa shape index (κ1) is 14.3. The predicted octanol–water partition coefficient (Wildman–Crippen LogP) is 4.65. The molecule has 0 saturated heterocycles. The van der Waals surface area contributed by atoms with Crippen LogP contribution in [0.5, 0.6) is 0 Å². The molecule has 1 heterocycles. The molecular formula is C19H25NOSi. The number of hydrogen-bond acceptors (Lipinski definition) is 1. The molecule has 1 saturated carbocycles. The molecule has 0 N–H and O–H groups in total. The number of aromatic nitrogens is 1. The van der Waals surface area contributed by atoms with Crippen molar-refractivity contribution in [2.24, 2.45) is 7.05 Å². The van der Waals surface area contributed by atoms with Gasteiger partial charge in [-0.25, -0.2) is 0 Å². The molecule has 22 heavy (non-hydrogen) atoms. The summed E-state index contributed by atoms with van der Waals surface area (Å²) in [5.74, 6) is 0.692. The van der Waals surface area contributed by atoms with Crippen LogP contribution in [0.3, 0.4) is 0 Å². The summed E-state index contributed by atoms with van der Waals surface area (Å²) in [6, 6.07) is 6.54. The van der Waals surface area contributed by atoms with E-state index in [2.05, 4.69) is 55.7 Å². The van der Waals surface area contributed by atoms with E-state index in [-0.39, 0.29) is 11.0 Å². The Morgan fingerprint density at radius 1 is 1.27 bits per heavy atom. The Morgan fingerprint density at radius 2 is 2.05 bits per heavy atom. The fourth-order valence-electron chi connectivity index (χ4n) is 5.00. The molecule has 2 aliphatic carbocycles. The number of benzene rings is 1. The highest BCUT2D eigenvalue weighted by Gasteiger charge is 2.54. The third-order valence-electron chi connectivity index (χ3n) is 6.31. The maximum Gasteiger partial charge on any atom is 0.144 e. The van der Waals surface area contributed by atoms with E-state index in [1.54, 1.807) is 0 Å². The Morgan fingerprint density at radius 3 is 2.77 bits per heavy atom. The summed E-state index contributed by atoms with van der Waals surface area (Å²) >= 11 is 0. The third kappa shape index (κ3) is 1.63. The van der Waals surface area contributed by atoms with Crippen LogP contribution in [0.25, 0.3) is 10.9 Å². The normalized spacial score (nSPS) is 28.0. The van der Waals surface area contributed by atoms with E-state index in [0.717, 1.165) is 19.3 Å². The van der Waals surface area contributed by atoms with E-state index in [1.165, 1.54) is 28.5 Å². The van der Waals surface area contributed by atoms with Crippen molar-refractivity contribution in [2.75, 3.05) is 0 Å². The maximum atomic E-state index is 13.5. The first-order chi connectivity index (χ1) is 10.3. The van der Waals surface area contributed by atoms with Crippen LogP contribution in [0.4, 0.5) is 0 Å². The highest BCUT2D eigenvalue weighted by Crippen LogP contribution is 2.57. The number of hydrogen-bond donors (Lipinski definition) is 0. The molecule has 116 valence electrons. The summed E-state index contributed by atoms with van der Waals surface area (Å²) in [4.78, 5) is 13.5. The first-order valence-corrected chi connectivity index (χ1v) is 12.0. The van der Waals surface area contributed by atoms with Gasteiger partial charge in [-0.2, -0.15) is 0 Å². The van der Waals surface area contributed by atoms with Gasteiger partial charge in [-0.05, 0) is 36.5 Å². The van der Waals surface area contributed by atoms with E-state index in [0.29, 0.717) is 5.78 Å². The Hall–Kier alpha value is -1.35. The van der Waals surface area contributed by atoms with Gasteiger partial charge in [-0.15, -0.1) is 0 Å². The molecule has 0 unspecified atom stereocenters. The number of carbonyl (C=O) groups excluding carboxylic acids is 1. The Labute approximate surface area is 133 Å². The van der Waals surface area contributed by atoms with E-state index in [9.17, 15) is 4.79 Å². The van der Waals surface area contributed by atoms with Crippen molar-refractivity contribution in [3.8, 4) is 0 Å². The maximum absolute atomic E-state index is 13.5. The minimum Gasteiger partial charge on any atom is -0.350 e. The van der Waals surface area contributed by atoms with E-state index in [4.69, 9.17) is 0 Å². The van der Waals surface area contributed by atoms with Crippen LogP contribution in [0.1, 0.15) is 36.3 Å². The van der Waals surface area contributed by atoms with Crippen LogP contribution in [-0.2, 0) is 18.3 Å². The van der Waals surface area contributed by atoms with Crippen LogP contribution in [-0.4, -0.2) is 18.4 Å². The molecule has 1 fully saturated rings. The van der Waals surface area contributed by atoms with Crippen molar-refractivity contribution in [1.29, 1.82) is 0 Å². The lowest BCUT2D eigenvalue weighted by atomic mass is 9.76. The standard InChI is InChI=1S/C19H25NOSi/c1-20-12-13-11-19(22(2,3)4)10-6-8-15(18(19)21)14-7-5-9-16(20)17(13)14/h5,7,9,12,15H,6,8,10-11H2,1-4H3/t15-,19-/m0/s1. The third-order valence-corrected chi connectivity index (χ3v) is 9.86. The van der Waals surface area contributed by atoms with Crippen LogP contribution in [0.2, 0.25) is 24.7 Å². The van der Waals surface area contributed by atoms with Gasteiger partial charge in [0.15, 0.2) is 0 Å². The molecule has 4 rings (SSSR count). The second-order valence-corrected chi connectivity index (χ2v) is 13.8. The summed E-state index contributed by atoms with van der Waals surface area (Å²) in [6.07, 6.45) is 6.59. The first-order valence-electron chi connectivity index (χ1n) is 8.46. The SMILES string of the molecule is Cn1cc2c3c(cccc31)[C@@H]1CCC[C@]([Si](C)(C)C)(C2)C1=O. The highest BCUT2D eigenvalue weighted by atomic mass is 28.3. The molecule has 2 atom stereocenters. The van der Waals surface area contributed by atoms with Gasteiger partial charge in [0.25, 0.3) is 0 Å². The van der Waals surface area contributed by atoms with Gasteiger partial charge in [0, 0.05) is 35.1 Å². The van der Waals surface area contributed by atoms with Gasteiger partial charge in [-0.3, -0.25) is 4.79 Å². The minimum atomic E-state index is -1.60. The van der Waals surface area contributed by atoms with Gasteiger partial charge in [0.05, 0.1) is 8.07 Å². The summed E-state index contributed by atoms with van der Waals surface area (Å²) in [5, 5.41) is 1.31. The zero-order valence-corrected chi connectivity index (χ0v) is 15.1. The average Bonchev–Trinajstić information content (AvgIpc) is 2.75. The molecule has 0 radical (unpaired) electrons. The number of fused-ring (bicyclic) bond motifs is 3. The molecular weight excluding hydrogens is 286 g/mol. The second kappa shape index (κ2) is 4.35. The quantitative estimate of drug-likeness (QED) is 0.703. The number of Topliss-reactive ketones (excluding diaryl/α,β-unsaturated/α-hetero) is 1. The molecule has 0 aliphatic heterocycles. The Kier molecular flexibility index (Phi) is 2.82. The fourth-order valence-corrected chi connectivity index (χ4v) is 7.56. The molecule has 2 nitrogen and oxygen atoms in total. The zero-order valence-electron chi connectivity index (χ0n) is 14.1. The molecule has 3 heteroatoms. The van der Waals surface area contributed by atoms with Crippen molar-refractivity contribution < 1.29 is 4.79 Å². The molecule has 1 aromatic carbocycles. The molecule has 2 bridgehead atoms. The van der Waals surface area contributed by atoms with E-state index < -0.39 is 8.07 Å². The number of aryl methyl sites for hydroxylation is 1. The fraction of sp³-hybridized carbons (Fsp3) is 0.526. The van der Waals surface area contributed by atoms with Crippen molar-refractivity contribution in [1.82, 2.24) is 4.57 Å². The summed E-state index contributed by atoms with van der Waals surface area (Å²) in [6.45, 7) is 7.18. The van der Waals surface area contributed by atoms with E-state index in [1.807, 2.05) is 0 Å². The van der Waals surface area contributed by atoms with Crippen molar-refractivity contribution in [3.05, 3.63) is 35.5 Å². The van der Waals surface area contributed by atoms with Crippen LogP contribution < -0.4 is 0 Å². The van der Waals surface area contributed by atoms with Crippen LogP contribution in [0, 0.1) is 0 Å². The second-order valence-electron chi connectivity index (χ2n) is 8.32. The monoisotopic (exact) mass is 311 g/mol. The lowest BCUT2D eigenvalue weighted by molar-refractivity contribution is -0.125. The number of rotatable bonds is 1. The smallest absolute Gasteiger partial charge is 0.144 e. The van der Waals surface area contributed by atoms with Crippen molar-refractivity contribution in [3.63, 3.8) is 0 Å². The topological polar surface area (TPSA) is 22.0 Å². The largest absolute Gasteiger partial charge is 0.350 e. The number of carbonyl (C=O) groups is 1. The lowest BCUT2D eigenvalue weighted by Crippen LogP contribution is -2.49. The van der Waals surface area contributed by atoms with Gasteiger partial charge < -0.3 is 4.57 Å². The lowest BCUT2D eigenvalue weighted by Gasteiger charge is -2.46. The molecule has 1 aromatic heterocycles. The Bertz CT molecular complexity index is 783. The van der Waals surface area contributed by atoms with Crippen LogP contribution >= 0.6 is 0 Å². The van der Waals surface area contributed by atoms with E-state index >= 15 is 0 Å². The molecule has 0 spiro atoms. The predicted molar refractivity (Wildman–Crippen MR) is 94.3 cm³/mol. The Balaban J connectivity index is 2.06. The highest BCUT2D eigenvalue weighted by molar-refractivity contribution is 6.82. The summed E-state index contributed by atoms with van der Waals surface area (Å²) < 4.78 is 2.25. The van der Waals surface area contributed by atoms with Gasteiger partial charge >= 0.3 is 0 Å². The zero-order chi connectivity index (χ0) is 15.7. The van der Waals surface area contributed by atoms with Crippen molar-refractivity contribution in [2.45, 2.75) is 56.3 Å². The molecule has 0 amide bonds. The number of ketones is 1. The van der Waals surface area contributed by atoms with Gasteiger partial charge in [0.1, 0.15) is 5.78 Å².